The molecule has 0 aliphatic carbocycles. The minimum atomic E-state index is -3.78. The van der Waals surface area contributed by atoms with Gasteiger partial charge >= 0.3 is 0 Å². The minimum Gasteiger partial charge on any atom is -0.371 e. The molecule has 25 heavy (non-hydrogen) atoms. The molecule has 132 valence electrons. The lowest BCUT2D eigenvalue weighted by Crippen LogP contribution is -2.33. The fourth-order valence-corrected chi connectivity index (χ4v) is 4.44. The third-order valence-electron chi connectivity index (χ3n) is 3.95. The second-order valence-corrected chi connectivity index (χ2v) is 8.34. The third kappa shape index (κ3) is 4.45. The summed E-state index contributed by atoms with van der Waals surface area (Å²) in [5, 5.41) is 0.505. The van der Waals surface area contributed by atoms with Crippen LogP contribution in [0.3, 0.4) is 0 Å². The maximum Gasteiger partial charge on any atom is 0.261 e. The number of carbonyl (C=O) groups is 1. The second-order valence-electron chi connectivity index (χ2n) is 5.78. The Hall–Kier alpha value is -1.76. The zero-order valence-corrected chi connectivity index (χ0v) is 15.5. The van der Waals surface area contributed by atoms with Crippen LogP contribution in [0, 0.1) is 0 Å². The summed E-state index contributed by atoms with van der Waals surface area (Å²) >= 11 is 11.7. The molecule has 3 rings (SSSR count). The molecule has 1 aliphatic rings. The summed E-state index contributed by atoms with van der Waals surface area (Å²) in [4.78, 5) is 13.4. The quantitative estimate of drug-likeness (QED) is 0.845. The average molecular weight is 399 g/mol. The van der Waals surface area contributed by atoms with Gasteiger partial charge in [-0.2, -0.15) is 0 Å². The molecule has 1 aliphatic heterocycles. The van der Waals surface area contributed by atoms with E-state index in [1.165, 1.54) is 18.2 Å². The Bertz CT molecular complexity index is 868. The molecule has 5 nitrogen and oxygen atoms in total. The van der Waals surface area contributed by atoms with Crippen molar-refractivity contribution in [3.63, 3.8) is 0 Å². The first-order chi connectivity index (χ1) is 11.8. The van der Waals surface area contributed by atoms with Crippen molar-refractivity contribution in [2.75, 3.05) is 22.7 Å². The van der Waals surface area contributed by atoms with Crippen LogP contribution in [-0.4, -0.2) is 27.3 Å². The van der Waals surface area contributed by atoms with Gasteiger partial charge in [-0.1, -0.05) is 23.2 Å². The third-order valence-corrected chi connectivity index (χ3v) is 5.75. The molecule has 2 aromatic rings. The minimum absolute atomic E-state index is 0.00335. The number of ketones is 1. The van der Waals surface area contributed by atoms with Crippen molar-refractivity contribution < 1.29 is 13.2 Å². The highest BCUT2D eigenvalue weighted by atomic mass is 35.5. The van der Waals surface area contributed by atoms with Gasteiger partial charge in [-0.25, -0.2) is 8.42 Å². The Morgan fingerprint density at radius 1 is 0.920 bits per heavy atom. The van der Waals surface area contributed by atoms with E-state index in [1.807, 2.05) is 12.1 Å². The predicted molar refractivity (Wildman–Crippen MR) is 100 cm³/mol. The molecule has 2 aromatic carbocycles. The summed E-state index contributed by atoms with van der Waals surface area (Å²) in [7, 11) is -3.78. The van der Waals surface area contributed by atoms with Crippen LogP contribution in [0.15, 0.2) is 47.4 Å². The van der Waals surface area contributed by atoms with Crippen LogP contribution in [-0.2, 0) is 14.8 Å². The van der Waals surface area contributed by atoms with Gasteiger partial charge in [0.2, 0.25) is 0 Å². The van der Waals surface area contributed by atoms with Gasteiger partial charge in [0.05, 0.1) is 4.90 Å². The Kier molecular flexibility index (Phi) is 5.22. The van der Waals surface area contributed by atoms with Crippen LogP contribution < -0.4 is 9.62 Å². The number of halogens is 2. The molecule has 0 amide bonds. The fourth-order valence-electron chi connectivity index (χ4n) is 2.65. The number of sulfonamides is 1. The molecule has 0 spiro atoms. The number of Topliss-reactive ketones (excluding diaryl/α,β-unsaturated/α-hetero) is 1. The van der Waals surface area contributed by atoms with Gasteiger partial charge in [0.1, 0.15) is 5.78 Å². The van der Waals surface area contributed by atoms with Gasteiger partial charge in [-0.05, 0) is 42.5 Å². The van der Waals surface area contributed by atoms with Gasteiger partial charge in [-0.3, -0.25) is 9.52 Å². The summed E-state index contributed by atoms with van der Waals surface area (Å²) in [6.45, 7) is 1.37. The normalized spacial score (nSPS) is 15.3. The Morgan fingerprint density at radius 3 is 2.04 bits per heavy atom. The largest absolute Gasteiger partial charge is 0.371 e. The van der Waals surface area contributed by atoms with Crippen molar-refractivity contribution in [1.29, 1.82) is 0 Å². The standard InChI is InChI=1S/C17H16Cl2N2O3S/c18-12-9-13(19)11-17(10-12)25(23,24)20-14-1-3-15(4-2-14)21-7-5-16(22)6-8-21/h1-4,9-11,20H,5-8H2. The van der Waals surface area contributed by atoms with E-state index in [0.29, 0.717) is 31.6 Å². The maximum atomic E-state index is 12.5. The lowest BCUT2D eigenvalue weighted by molar-refractivity contribution is -0.119. The number of anilines is 2. The summed E-state index contributed by atoms with van der Waals surface area (Å²) in [5.41, 5.74) is 1.40. The number of nitrogens with one attached hydrogen (secondary N) is 1. The van der Waals surface area contributed by atoms with Gasteiger partial charge in [0.25, 0.3) is 10.0 Å². The van der Waals surface area contributed by atoms with E-state index in [1.54, 1.807) is 12.1 Å². The zero-order chi connectivity index (χ0) is 18.0. The first-order valence-electron chi connectivity index (χ1n) is 7.69. The predicted octanol–water partition coefficient (Wildman–Crippen LogP) is 3.96. The van der Waals surface area contributed by atoms with Gasteiger partial charge in [-0.15, -0.1) is 0 Å². The highest BCUT2D eigenvalue weighted by Crippen LogP contribution is 2.26. The molecule has 1 fully saturated rings. The van der Waals surface area contributed by atoms with Crippen LogP contribution in [0.2, 0.25) is 10.0 Å². The van der Waals surface area contributed by atoms with Crippen molar-refractivity contribution in [2.24, 2.45) is 0 Å². The monoisotopic (exact) mass is 398 g/mol. The van der Waals surface area contributed by atoms with Crippen molar-refractivity contribution in [1.82, 2.24) is 0 Å². The van der Waals surface area contributed by atoms with E-state index >= 15 is 0 Å². The van der Waals surface area contributed by atoms with Crippen molar-refractivity contribution in [3.8, 4) is 0 Å². The van der Waals surface area contributed by atoms with E-state index in [4.69, 9.17) is 23.2 Å². The molecule has 8 heteroatoms. The summed E-state index contributed by atoms with van der Waals surface area (Å²) in [6, 6.07) is 11.2. The molecule has 1 heterocycles. The van der Waals surface area contributed by atoms with E-state index in [2.05, 4.69) is 9.62 Å². The van der Waals surface area contributed by atoms with E-state index in [9.17, 15) is 13.2 Å². The van der Waals surface area contributed by atoms with E-state index in [-0.39, 0.29) is 20.7 Å². The van der Waals surface area contributed by atoms with Gasteiger partial charge in [0.15, 0.2) is 0 Å². The molecule has 0 unspecified atom stereocenters. The van der Waals surface area contributed by atoms with Crippen molar-refractivity contribution >= 4 is 50.4 Å². The summed E-state index contributed by atoms with van der Waals surface area (Å²) in [5.74, 6) is 0.279. The molecule has 0 radical (unpaired) electrons. The number of nitrogens with zero attached hydrogens (tertiary/aromatic N) is 1. The van der Waals surface area contributed by atoms with Crippen molar-refractivity contribution in [2.45, 2.75) is 17.7 Å². The van der Waals surface area contributed by atoms with E-state index < -0.39 is 10.0 Å². The Labute approximate surface area is 156 Å². The van der Waals surface area contributed by atoms with Gasteiger partial charge < -0.3 is 4.90 Å². The number of rotatable bonds is 4. The lowest BCUT2D eigenvalue weighted by Gasteiger charge is -2.28. The first kappa shape index (κ1) is 18.0. The molecule has 0 saturated carbocycles. The highest BCUT2D eigenvalue weighted by molar-refractivity contribution is 7.92. The number of benzene rings is 2. The van der Waals surface area contributed by atoms with Crippen molar-refractivity contribution in [3.05, 3.63) is 52.5 Å². The highest BCUT2D eigenvalue weighted by Gasteiger charge is 2.18. The number of hydrogen-bond donors (Lipinski definition) is 1. The molecular formula is C17H16Cl2N2O3S. The second kappa shape index (κ2) is 7.23. The van der Waals surface area contributed by atoms with E-state index in [0.717, 1.165) is 5.69 Å². The maximum absolute atomic E-state index is 12.5. The molecular weight excluding hydrogens is 383 g/mol. The molecule has 1 saturated heterocycles. The Morgan fingerprint density at radius 2 is 1.48 bits per heavy atom. The zero-order valence-electron chi connectivity index (χ0n) is 13.2. The van der Waals surface area contributed by atoms with Crippen LogP contribution in [0.4, 0.5) is 11.4 Å². The number of piperidine rings is 1. The Balaban J connectivity index is 1.75. The smallest absolute Gasteiger partial charge is 0.261 e. The molecule has 0 aromatic heterocycles. The molecule has 1 N–H and O–H groups in total. The molecule has 0 atom stereocenters. The number of carbonyl (C=O) groups excluding carboxylic acids is 1. The van der Waals surface area contributed by atoms with Crippen LogP contribution in [0.1, 0.15) is 12.8 Å². The first-order valence-corrected chi connectivity index (χ1v) is 9.93. The molecule has 0 bridgehead atoms. The summed E-state index contributed by atoms with van der Waals surface area (Å²) in [6.07, 6.45) is 1.09. The van der Waals surface area contributed by atoms with Gasteiger partial charge in [0, 0.05) is 47.4 Å². The van der Waals surface area contributed by atoms with Crippen LogP contribution in [0.5, 0.6) is 0 Å². The van der Waals surface area contributed by atoms with Crippen LogP contribution >= 0.6 is 23.2 Å². The lowest BCUT2D eigenvalue weighted by atomic mass is 10.1. The topological polar surface area (TPSA) is 66.5 Å². The number of hydrogen-bond acceptors (Lipinski definition) is 4. The fraction of sp³-hybridized carbons (Fsp3) is 0.235. The summed E-state index contributed by atoms with van der Waals surface area (Å²) < 4.78 is 27.4. The van der Waals surface area contributed by atoms with Crippen LogP contribution in [0.25, 0.3) is 0 Å². The SMILES string of the molecule is O=C1CCN(c2ccc(NS(=O)(=O)c3cc(Cl)cc(Cl)c3)cc2)CC1. The average Bonchev–Trinajstić information content (AvgIpc) is 2.55.